The molecule has 0 saturated carbocycles. The Hall–Kier alpha value is -4.10. The molecule has 10 heteroatoms. The van der Waals surface area contributed by atoms with Gasteiger partial charge in [0.1, 0.15) is 24.3 Å². The summed E-state index contributed by atoms with van der Waals surface area (Å²) in [5.74, 6) is 1.88. The zero-order valence-corrected chi connectivity index (χ0v) is 23.1. The zero-order valence-electron chi connectivity index (χ0n) is 23.1. The first-order valence-corrected chi connectivity index (χ1v) is 14.1. The molecule has 0 bridgehead atoms. The molecule has 0 aromatic carbocycles. The lowest BCUT2D eigenvalue weighted by molar-refractivity contribution is -0.128. The molecule has 208 valence electrons. The molecule has 10 nitrogen and oxygen atoms in total. The monoisotopic (exact) mass is 540 g/mol. The van der Waals surface area contributed by atoms with Crippen molar-refractivity contribution >= 4 is 23.1 Å². The predicted molar refractivity (Wildman–Crippen MR) is 155 cm³/mol. The van der Waals surface area contributed by atoms with E-state index in [1.54, 1.807) is 4.90 Å². The molecule has 0 spiro atoms. The highest BCUT2D eigenvalue weighted by Crippen LogP contribution is 2.32. The van der Waals surface area contributed by atoms with Gasteiger partial charge in [0, 0.05) is 49.5 Å². The van der Waals surface area contributed by atoms with Gasteiger partial charge in [0.25, 0.3) is 0 Å². The van der Waals surface area contributed by atoms with E-state index in [2.05, 4.69) is 74.1 Å². The summed E-state index contributed by atoms with van der Waals surface area (Å²) in [7, 11) is 2.14. The van der Waals surface area contributed by atoms with Crippen LogP contribution in [0.25, 0.3) is 10.4 Å². The minimum atomic E-state index is -0.217. The van der Waals surface area contributed by atoms with Gasteiger partial charge in [-0.15, -0.1) is 0 Å². The van der Waals surface area contributed by atoms with E-state index in [1.807, 2.05) is 0 Å². The van der Waals surface area contributed by atoms with E-state index >= 15 is 0 Å². The second-order valence-electron chi connectivity index (χ2n) is 10.9. The average molecular weight is 541 g/mol. The minimum Gasteiger partial charge on any atom is -0.462 e. The Bertz CT molecular complexity index is 1450. The van der Waals surface area contributed by atoms with Gasteiger partial charge in [-0.2, -0.15) is 9.97 Å². The number of hydrogen-bond acceptors (Lipinski definition) is 7. The van der Waals surface area contributed by atoms with Crippen molar-refractivity contribution in [1.29, 1.82) is 0 Å². The quantitative estimate of drug-likeness (QED) is 0.337. The number of hydrogen-bond donors (Lipinski definition) is 0. The van der Waals surface area contributed by atoms with Gasteiger partial charge in [-0.25, -0.2) is 6.57 Å². The van der Waals surface area contributed by atoms with E-state index in [0.29, 0.717) is 44.8 Å². The van der Waals surface area contributed by atoms with Crippen LogP contribution in [0.2, 0.25) is 0 Å². The number of rotatable bonds is 7. The van der Waals surface area contributed by atoms with E-state index in [0.717, 1.165) is 54.3 Å². The van der Waals surface area contributed by atoms with Crippen molar-refractivity contribution in [2.45, 2.75) is 37.9 Å². The van der Waals surface area contributed by atoms with Gasteiger partial charge >= 0.3 is 6.01 Å². The molecule has 2 saturated heterocycles. The molecule has 3 aromatic rings. The maximum atomic E-state index is 12.5. The first-order valence-electron chi connectivity index (χ1n) is 14.1. The maximum Gasteiger partial charge on any atom is 0.318 e. The van der Waals surface area contributed by atoms with Gasteiger partial charge in [-0.3, -0.25) is 4.79 Å². The van der Waals surface area contributed by atoms with Gasteiger partial charge in [0.15, 0.2) is 0 Å². The van der Waals surface area contributed by atoms with Crippen molar-refractivity contribution < 1.29 is 9.53 Å². The molecule has 0 unspecified atom stereocenters. The Kier molecular flexibility index (Phi) is 7.30. The van der Waals surface area contributed by atoms with Crippen LogP contribution >= 0.6 is 0 Å². The second kappa shape index (κ2) is 11.2. The zero-order chi connectivity index (χ0) is 27.6. The van der Waals surface area contributed by atoms with E-state index in [1.165, 1.54) is 12.5 Å². The third-order valence-corrected chi connectivity index (χ3v) is 8.50. The molecule has 3 aliphatic rings. The van der Waals surface area contributed by atoms with Crippen LogP contribution in [0.5, 0.6) is 6.01 Å². The van der Waals surface area contributed by atoms with E-state index < -0.39 is 0 Å². The molecule has 2 fully saturated rings. The number of nitrogens with zero attached hydrogens (tertiary/aromatic N) is 8. The summed E-state index contributed by atoms with van der Waals surface area (Å²) in [6.45, 7) is 16.2. The Morgan fingerprint density at radius 1 is 1.15 bits per heavy atom. The summed E-state index contributed by atoms with van der Waals surface area (Å²) >= 11 is 0. The number of likely N-dealkylation sites (tertiary alicyclic amines) is 1. The van der Waals surface area contributed by atoms with Crippen LogP contribution in [-0.2, 0) is 17.8 Å². The molecule has 6 heterocycles. The van der Waals surface area contributed by atoms with Gasteiger partial charge < -0.3 is 33.6 Å². The summed E-state index contributed by atoms with van der Waals surface area (Å²) in [6.07, 6.45) is 6.52. The van der Waals surface area contributed by atoms with Crippen molar-refractivity contribution in [3.05, 3.63) is 71.9 Å². The molecular weight excluding hydrogens is 504 g/mol. The van der Waals surface area contributed by atoms with Crippen molar-refractivity contribution in [1.82, 2.24) is 24.2 Å². The summed E-state index contributed by atoms with van der Waals surface area (Å²) < 4.78 is 8.48. The van der Waals surface area contributed by atoms with Crippen LogP contribution in [0.15, 0.2) is 49.2 Å². The Morgan fingerprint density at radius 2 is 2.02 bits per heavy atom. The molecule has 0 aliphatic carbocycles. The Balaban J connectivity index is 1.32. The SMILES string of the molecule is [C-]#[N+]C[C@H]1CN(c2nc(OC[C@@H]3CCCN3C)nc3c2CCN(c2cccc4cccn24)C3)CCN1C(=O)C=C. The summed E-state index contributed by atoms with van der Waals surface area (Å²) in [5.41, 5.74) is 3.27. The largest absolute Gasteiger partial charge is 0.462 e. The van der Waals surface area contributed by atoms with Crippen LogP contribution in [-0.4, -0.2) is 95.1 Å². The average Bonchev–Trinajstić information content (AvgIpc) is 3.63. The topological polar surface area (TPSA) is 73.8 Å². The van der Waals surface area contributed by atoms with Crippen molar-refractivity contribution in [3.63, 3.8) is 0 Å². The third-order valence-electron chi connectivity index (χ3n) is 8.50. The molecule has 0 radical (unpaired) electrons. The van der Waals surface area contributed by atoms with Crippen LogP contribution < -0.4 is 14.5 Å². The molecule has 1 amide bonds. The lowest BCUT2D eigenvalue weighted by atomic mass is 10.0. The molecule has 40 heavy (non-hydrogen) atoms. The number of ether oxygens (including phenoxy) is 1. The van der Waals surface area contributed by atoms with Gasteiger partial charge in [0.2, 0.25) is 12.5 Å². The smallest absolute Gasteiger partial charge is 0.318 e. The highest BCUT2D eigenvalue weighted by Gasteiger charge is 2.35. The normalized spacial score (nSPS) is 21.4. The minimum absolute atomic E-state index is 0.127. The highest BCUT2D eigenvalue weighted by atomic mass is 16.5. The fourth-order valence-electron chi connectivity index (χ4n) is 6.30. The van der Waals surface area contributed by atoms with E-state index in [-0.39, 0.29) is 18.5 Å². The molecule has 0 N–H and O–H groups in total. The maximum absolute atomic E-state index is 12.5. The molecule has 6 rings (SSSR count). The number of fused-ring (bicyclic) bond motifs is 2. The van der Waals surface area contributed by atoms with Gasteiger partial charge in [0.05, 0.1) is 12.2 Å². The standard InChI is InChI=1S/C30H36N8O2/c1-4-28(39)38-17-16-36(19-24(38)18-31-2)29-25-12-15-35(27-11-5-8-22-9-7-14-37(22)27)20-26(25)32-30(33-29)40-21-23-10-6-13-34(23)3/h4-5,7-9,11,14,23-24H,1,6,10,12-13,15-21H2,3H3/t23-,24-/m0/s1. The fourth-order valence-corrected chi connectivity index (χ4v) is 6.30. The number of likely N-dealkylation sites (N-methyl/N-ethyl adjacent to an activating group) is 1. The predicted octanol–water partition coefficient (Wildman–Crippen LogP) is 2.89. The number of pyridine rings is 1. The van der Waals surface area contributed by atoms with Crippen LogP contribution in [0.3, 0.4) is 0 Å². The molecular formula is C30H36N8O2. The third kappa shape index (κ3) is 4.97. The first-order chi connectivity index (χ1) is 19.6. The van der Waals surface area contributed by atoms with E-state index in [4.69, 9.17) is 21.3 Å². The number of piperazine rings is 1. The molecule has 3 aromatic heterocycles. The van der Waals surface area contributed by atoms with Crippen LogP contribution in [0.1, 0.15) is 24.1 Å². The van der Waals surface area contributed by atoms with Crippen LogP contribution in [0, 0.1) is 6.57 Å². The Labute approximate surface area is 235 Å². The summed E-state index contributed by atoms with van der Waals surface area (Å²) in [5, 5.41) is 0. The van der Waals surface area contributed by atoms with Crippen LogP contribution in [0.4, 0.5) is 11.6 Å². The number of amides is 1. The highest BCUT2D eigenvalue weighted by molar-refractivity contribution is 5.87. The number of carbonyl (C=O) groups is 1. The first kappa shape index (κ1) is 26.1. The summed E-state index contributed by atoms with van der Waals surface area (Å²) in [6, 6.07) is 11.1. The number of aromatic nitrogens is 3. The van der Waals surface area contributed by atoms with Gasteiger partial charge in [-0.1, -0.05) is 12.6 Å². The summed E-state index contributed by atoms with van der Waals surface area (Å²) in [4.78, 5) is 34.7. The number of carbonyl (C=O) groups excluding carboxylic acids is 1. The van der Waals surface area contributed by atoms with E-state index in [9.17, 15) is 4.79 Å². The van der Waals surface area contributed by atoms with Gasteiger partial charge in [-0.05, 0) is 63.2 Å². The van der Waals surface area contributed by atoms with Crippen molar-refractivity contribution in [2.24, 2.45) is 0 Å². The fraction of sp³-hybridized carbons (Fsp3) is 0.467. The lowest BCUT2D eigenvalue weighted by Gasteiger charge is -2.41. The lowest BCUT2D eigenvalue weighted by Crippen LogP contribution is -2.56. The van der Waals surface area contributed by atoms with Crippen molar-refractivity contribution in [2.75, 3.05) is 62.7 Å². The molecule has 2 atom stereocenters. The second-order valence-corrected chi connectivity index (χ2v) is 10.9. The van der Waals surface area contributed by atoms with Crippen molar-refractivity contribution in [3.8, 4) is 6.01 Å². The Morgan fingerprint density at radius 3 is 2.83 bits per heavy atom. The number of anilines is 2. The molecule has 3 aliphatic heterocycles.